The van der Waals surface area contributed by atoms with E-state index in [0.717, 1.165) is 12.0 Å². The van der Waals surface area contributed by atoms with Gasteiger partial charge in [0.1, 0.15) is 0 Å². The molecule has 3 saturated heterocycles. The molecule has 0 spiro atoms. The third kappa shape index (κ3) is 2.42. The Morgan fingerprint density at radius 1 is 1.35 bits per heavy atom. The molecular weight excluding hydrogens is 228 g/mol. The van der Waals surface area contributed by atoms with Crippen LogP contribution in [-0.2, 0) is 0 Å². The highest BCUT2D eigenvalue weighted by Crippen LogP contribution is 2.30. The zero-order valence-electron chi connectivity index (χ0n) is 10.8. The number of nitrogens with one attached hydrogen (secondary N) is 1. The van der Waals surface area contributed by atoms with Crippen LogP contribution in [0.5, 0.6) is 0 Å². The van der Waals surface area contributed by atoms with E-state index in [9.17, 15) is 0 Å². The number of fused-ring (bicyclic) bond motifs is 3. The Labute approximate surface area is 108 Å². The molecule has 3 heteroatoms. The third-order valence-corrected chi connectivity index (χ3v) is 5.49. The van der Waals surface area contributed by atoms with Crippen molar-refractivity contribution < 1.29 is 0 Å². The predicted octanol–water partition coefficient (Wildman–Crippen LogP) is 2.80. The molecule has 2 unspecified atom stereocenters. The van der Waals surface area contributed by atoms with Crippen LogP contribution in [0.2, 0.25) is 0 Å². The largest absolute Gasteiger partial charge is 0.305 e. The second-order valence-corrected chi connectivity index (χ2v) is 6.90. The van der Waals surface area contributed by atoms with E-state index >= 15 is 0 Å². The first-order chi connectivity index (χ1) is 8.22. The first-order valence-corrected chi connectivity index (χ1v) is 7.59. The summed E-state index contributed by atoms with van der Waals surface area (Å²) in [5.74, 6) is 0.920. The number of aryl methyl sites for hydroxylation is 1. The summed E-state index contributed by atoms with van der Waals surface area (Å²) in [6, 6.07) is 5.74. The third-order valence-electron chi connectivity index (χ3n) is 4.31. The minimum Gasteiger partial charge on any atom is -0.305 e. The summed E-state index contributed by atoms with van der Waals surface area (Å²) in [6.45, 7) is 8.42. The van der Waals surface area contributed by atoms with Crippen LogP contribution in [0.1, 0.15) is 35.6 Å². The van der Waals surface area contributed by atoms with E-state index in [0.29, 0.717) is 6.04 Å². The van der Waals surface area contributed by atoms with Crippen molar-refractivity contribution >= 4 is 11.3 Å². The van der Waals surface area contributed by atoms with E-state index in [-0.39, 0.29) is 0 Å². The lowest BCUT2D eigenvalue weighted by Gasteiger charge is -2.46. The lowest BCUT2D eigenvalue weighted by Crippen LogP contribution is -2.56. The molecule has 0 amide bonds. The average molecular weight is 250 g/mol. The van der Waals surface area contributed by atoms with Gasteiger partial charge in [-0.15, -0.1) is 11.3 Å². The normalized spacial score (nSPS) is 33.9. The highest BCUT2D eigenvalue weighted by Gasteiger charge is 2.34. The Morgan fingerprint density at radius 2 is 2.12 bits per heavy atom. The van der Waals surface area contributed by atoms with Gasteiger partial charge in [-0.05, 0) is 57.8 Å². The van der Waals surface area contributed by atoms with Crippen LogP contribution in [0.3, 0.4) is 0 Å². The average Bonchev–Trinajstić information content (AvgIpc) is 2.77. The van der Waals surface area contributed by atoms with Crippen LogP contribution >= 0.6 is 11.3 Å². The molecule has 1 N–H and O–H groups in total. The Hall–Kier alpha value is -0.380. The summed E-state index contributed by atoms with van der Waals surface area (Å²) in [7, 11) is 0. The molecular formula is C14H22N2S. The van der Waals surface area contributed by atoms with Crippen molar-refractivity contribution in [1.29, 1.82) is 0 Å². The van der Waals surface area contributed by atoms with E-state index < -0.39 is 0 Å². The van der Waals surface area contributed by atoms with Gasteiger partial charge in [0, 0.05) is 28.4 Å². The van der Waals surface area contributed by atoms with Crippen LogP contribution in [0.25, 0.3) is 0 Å². The maximum Gasteiger partial charge on any atom is 0.0388 e. The van der Waals surface area contributed by atoms with Gasteiger partial charge in [0.25, 0.3) is 0 Å². The summed E-state index contributed by atoms with van der Waals surface area (Å²) in [4.78, 5) is 5.52. The lowest BCUT2D eigenvalue weighted by atomic mass is 9.83. The maximum atomic E-state index is 3.85. The maximum absolute atomic E-state index is 3.85. The van der Waals surface area contributed by atoms with Gasteiger partial charge in [-0.25, -0.2) is 0 Å². The molecule has 0 radical (unpaired) electrons. The molecule has 4 rings (SSSR count). The van der Waals surface area contributed by atoms with Crippen LogP contribution in [0.15, 0.2) is 12.1 Å². The number of hydrogen-bond acceptors (Lipinski definition) is 3. The van der Waals surface area contributed by atoms with Gasteiger partial charge in [-0.1, -0.05) is 0 Å². The molecule has 94 valence electrons. The van der Waals surface area contributed by atoms with Crippen LogP contribution in [0, 0.1) is 12.8 Å². The first-order valence-electron chi connectivity index (χ1n) is 6.77. The Kier molecular flexibility index (Phi) is 3.24. The first kappa shape index (κ1) is 11.7. The molecule has 0 aliphatic carbocycles. The molecule has 3 aliphatic heterocycles. The van der Waals surface area contributed by atoms with Crippen molar-refractivity contribution in [2.45, 2.75) is 38.8 Å². The van der Waals surface area contributed by atoms with Gasteiger partial charge in [-0.3, -0.25) is 0 Å². The zero-order valence-corrected chi connectivity index (χ0v) is 11.6. The molecule has 3 fully saturated rings. The second-order valence-electron chi connectivity index (χ2n) is 5.58. The van der Waals surface area contributed by atoms with Crippen LogP contribution in [-0.4, -0.2) is 30.6 Å². The minimum absolute atomic E-state index is 0.513. The van der Waals surface area contributed by atoms with E-state index in [2.05, 4.69) is 36.2 Å². The Bertz CT molecular complexity index is 379. The standard InChI is InChI=1S/C14H22N2S/c1-10-3-4-14(17-10)11(2)15-13-9-16-7-5-12(13)6-8-16/h3-4,11-13,15H,5-9H2,1-2H3. The smallest absolute Gasteiger partial charge is 0.0388 e. The summed E-state index contributed by atoms with van der Waals surface area (Å²) in [6.07, 6.45) is 2.79. The van der Waals surface area contributed by atoms with Crippen molar-refractivity contribution in [3.63, 3.8) is 0 Å². The molecule has 3 aliphatic rings. The fourth-order valence-electron chi connectivity index (χ4n) is 3.24. The number of thiophene rings is 1. The topological polar surface area (TPSA) is 15.3 Å². The van der Waals surface area contributed by atoms with Crippen molar-refractivity contribution in [2.75, 3.05) is 19.6 Å². The second kappa shape index (κ2) is 4.71. The van der Waals surface area contributed by atoms with Crippen molar-refractivity contribution in [3.05, 3.63) is 21.9 Å². The Balaban J connectivity index is 1.63. The minimum atomic E-state index is 0.513. The highest BCUT2D eigenvalue weighted by molar-refractivity contribution is 7.12. The van der Waals surface area contributed by atoms with Crippen molar-refractivity contribution in [3.8, 4) is 0 Å². The molecule has 4 heterocycles. The molecule has 17 heavy (non-hydrogen) atoms. The van der Waals surface area contributed by atoms with Gasteiger partial charge in [0.15, 0.2) is 0 Å². The predicted molar refractivity (Wildman–Crippen MR) is 73.6 cm³/mol. The van der Waals surface area contributed by atoms with Crippen LogP contribution in [0.4, 0.5) is 0 Å². The number of hydrogen-bond donors (Lipinski definition) is 1. The van der Waals surface area contributed by atoms with E-state index in [1.54, 1.807) is 0 Å². The monoisotopic (exact) mass is 250 g/mol. The molecule has 2 atom stereocenters. The van der Waals surface area contributed by atoms with Crippen LogP contribution < -0.4 is 5.32 Å². The molecule has 0 aromatic carbocycles. The highest BCUT2D eigenvalue weighted by atomic mass is 32.1. The summed E-state index contributed by atoms with van der Waals surface area (Å²) in [5.41, 5.74) is 0. The summed E-state index contributed by atoms with van der Waals surface area (Å²) in [5, 5.41) is 3.85. The Morgan fingerprint density at radius 3 is 2.65 bits per heavy atom. The number of nitrogens with zero attached hydrogens (tertiary/aromatic N) is 1. The van der Waals surface area contributed by atoms with Crippen molar-refractivity contribution in [1.82, 2.24) is 10.2 Å². The van der Waals surface area contributed by atoms with Crippen molar-refractivity contribution in [2.24, 2.45) is 5.92 Å². The molecule has 1 aromatic rings. The molecule has 1 aromatic heterocycles. The molecule has 0 saturated carbocycles. The number of rotatable bonds is 3. The van der Waals surface area contributed by atoms with Gasteiger partial charge in [-0.2, -0.15) is 0 Å². The fraction of sp³-hybridized carbons (Fsp3) is 0.714. The number of piperidine rings is 3. The van der Waals surface area contributed by atoms with Gasteiger partial charge >= 0.3 is 0 Å². The van der Waals surface area contributed by atoms with E-state index in [1.165, 1.54) is 42.2 Å². The molecule has 2 bridgehead atoms. The SMILES string of the molecule is Cc1ccc(C(C)NC2CN3CCC2CC3)s1. The van der Waals surface area contributed by atoms with E-state index in [4.69, 9.17) is 0 Å². The van der Waals surface area contributed by atoms with E-state index in [1.807, 2.05) is 11.3 Å². The summed E-state index contributed by atoms with van der Waals surface area (Å²) >= 11 is 1.93. The fourth-order valence-corrected chi connectivity index (χ4v) is 4.13. The van der Waals surface area contributed by atoms with Gasteiger partial charge < -0.3 is 10.2 Å². The quantitative estimate of drug-likeness (QED) is 0.887. The molecule has 2 nitrogen and oxygen atoms in total. The van der Waals surface area contributed by atoms with Gasteiger partial charge in [0.05, 0.1) is 0 Å². The summed E-state index contributed by atoms with van der Waals surface area (Å²) < 4.78 is 0. The zero-order chi connectivity index (χ0) is 11.8. The lowest BCUT2D eigenvalue weighted by molar-refractivity contribution is 0.0682. The van der Waals surface area contributed by atoms with Gasteiger partial charge in [0.2, 0.25) is 0 Å².